The highest BCUT2D eigenvalue weighted by Crippen LogP contribution is 2.41. The predicted molar refractivity (Wildman–Crippen MR) is 88.2 cm³/mol. The maximum absolute atomic E-state index is 9.89. The molecule has 6 nitrogen and oxygen atoms in total. The van der Waals surface area contributed by atoms with Crippen LogP contribution in [0.1, 0.15) is 22.7 Å². The normalized spacial score (nSPS) is 16.4. The van der Waals surface area contributed by atoms with E-state index in [1.54, 1.807) is 33.5 Å². The standard InChI is InChI=1S/C18H21NO5/c1-22-15-7-11(8-16(23-2)18(15)24-3)17-12-9-14(21)13(20)6-10(12)4-5-19-17/h6-9,17,19-21H,4-5H2,1-3H3/p+1/t17-/m0/s1. The minimum Gasteiger partial charge on any atom is -0.504 e. The van der Waals surface area contributed by atoms with Gasteiger partial charge in [0.25, 0.3) is 0 Å². The van der Waals surface area contributed by atoms with Crippen LogP contribution in [-0.4, -0.2) is 38.1 Å². The first-order chi connectivity index (χ1) is 11.6. The Kier molecular flexibility index (Phi) is 4.40. The molecule has 1 aliphatic rings. The summed E-state index contributed by atoms with van der Waals surface area (Å²) in [5.41, 5.74) is 2.99. The van der Waals surface area contributed by atoms with Crippen molar-refractivity contribution in [2.75, 3.05) is 27.9 Å². The van der Waals surface area contributed by atoms with Crippen molar-refractivity contribution in [3.8, 4) is 28.7 Å². The Morgan fingerprint density at radius 2 is 1.54 bits per heavy atom. The Labute approximate surface area is 140 Å². The second-order valence-corrected chi connectivity index (χ2v) is 5.75. The summed E-state index contributed by atoms with van der Waals surface area (Å²) >= 11 is 0. The first-order valence-corrected chi connectivity index (χ1v) is 7.77. The molecule has 4 N–H and O–H groups in total. The number of ether oxygens (including phenoxy) is 3. The lowest BCUT2D eigenvalue weighted by molar-refractivity contribution is -0.690. The van der Waals surface area contributed by atoms with Crippen molar-refractivity contribution in [3.63, 3.8) is 0 Å². The van der Waals surface area contributed by atoms with E-state index in [4.69, 9.17) is 14.2 Å². The predicted octanol–water partition coefficient (Wildman–Crippen LogP) is 1.33. The van der Waals surface area contributed by atoms with Crippen LogP contribution in [0, 0.1) is 0 Å². The van der Waals surface area contributed by atoms with Gasteiger partial charge in [0.15, 0.2) is 23.0 Å². The molecule has 128 valence electrons. The number of benzene rings is 2. The molecule has 2 aromatic carbocycles. The molecular weight excluding hydrogens is 310 g/mol. The Balaban J connectivity index is 2.12. The molecule has 0 bridgehead atoms. The molecule has 1 aliphatic heterocycles. The molecule has 1 heterocycles. The highest BCUT2D eigenvalue weighted by molar-refractivity contribution is 5.56. The highest BCUT2D eigenvalue weighted by Gasteiger charge is 2.28. The number of phenols is 2. The molecule has 3 rings (SSSR count). The first kappa shape index (κ1) is 16.3. The third-order valence-electron chi connectivity index (χ3n) is 4.43. The van der Waals surface area contributed by atoms with Crippen LogP contribution in [0.2, 0.25) is 0 Å². The quantitative estimate of drug-likeness (QED) is 0.736. The van der Waals surface area contributed by atoms with E-state index in [2.05, 4.69) is 5.32 Å². The van der Waals surface area contributed by atoms with E-state index in [-0.39, 0.29) is 17.5 Å². The fraction of sp³-hybridized carbons (Fsp3) is 0.333. The summed E-state index contributed by atoms with van der Waals surface area (Å²) in [6, 6.07) is 7.09. The van der Waals surface area contributed by atoms with Crippen molar-refractivity contribution in [2.24, 2.45) is 0 Å². The lowest BCUT2D eigenvalue weighted by Gasteiger charge is -2.25. The largest absolute Gasteiger partial charge is 0.504 e. The first-order valence-electron chi connectivity index (χ1n) is 7.77. The number of fused-ring (bicyclic) bond motifs is 1. The van der Waals surface area contributed by atoms with Crippen LogP contribution in [0.4, 0.5) is 0 Å². The number of methoxy groups -OCH3 is 3. The second-order valence-electron chi connectivity index (χ2n) is 5.75. The van der Waals surface area contributed by atoms with Crippen LogP contribution in [0.5, 0.6) is 28.7 Å². The van der Waals surface area contributed by atoms with E-state index in [9.17, 15) is 10.2 Å². The third-order valence-corrected chi connectivity index (χ3v) is 4.43. The van der Waals surface area contributed by atoms with Crippen molar-refractivity contribution in [1.29, 1.82) is 0 Å². The number of hydrogen-bond acceptors (Lipinski definition) is 5. The topological polar surface area (TPSA) is 84.8 Å². The summed E-state index contributed by atoms with van der Waals surface area (Å²) in [5.74, 6) is 1.54. The number of rotatable bonds is 4. The van der Waals surface area contributed by atoms with Crippen LogP contribution >= 0.6 is 0 Å². The van der Waals surface area contributed by atoms with Crippen LogP contribution in [0.15, 0.2) is 24.3 Å². The Hall–Kier alpha value is -2.60. The van der Waals surface area contributed by atoms with Gasteiger partial charge in [-0.15, -0.1) is 0 Å². The van der Waals surface area contributed by atoms with Gasteiger partial charge in [0, 0.05) is 17.5 Å². The fourth-order valence-corrected chi connectivity index (χ4v) is 3.27. The van der Waals surface area contributed by atoms with Crippen LogP contribution in [-0.2, 0) is 6.42 Å². The molecule has 0 aliphatic carbocycles. The molecule has 1 atom stereocenters. The van der Waals surface area contributed by atoms with Crippen molar-refractivity contribution in [1.82, 2.24) is 0 Å². The van der Waals surface area contributed by atoms with Gasteiger partial charge in [0.05, 0.1) is 27.9 Å². The molecule has 6 heteroatoms. The molecule has 0 radical (unpaired) electrons. The molecule has 0 saturated heterocycles. The van der Waals surface area contributed by atoms with Crippen molar-refractivity contribution < 1.29 is 29.7 Å². The van der Waals surface area contributed by atoms with Gasteiger partial charge in [-0.05, 0) is 29.8 Å². The van der Waals surface area contributed by atoms with Gasteiger partial charge in [-0.25, -0.2) is 0 Å². The third kappa shape index (κ3) is 2.69. The zero-order chi connectivity index (χ0) is 17.3. The maximum Gasteiger partial charge on any atom is 0.203 e. The van der Waals surface area contributed by atoms with Gasteiger partial charge in [-0.3, -0.25) is 0 Å². The lowest BCUT2D eigenvalue weighted by atomic mass is 9.89. The monoisotopic (exact) mass is 332 g/mol. The molecule has 0 fully saturated rings. The number of nitrogens with two attached hydrogens (primary N) is 1. The van der Waals surface area contributed by atoms with Gasteiger partial charge in [-0.1, -0.05) is 0 Å². The summed E-state index contributed by atoms with van der Waals surface area (Å²) in [6.45, 7) is 0.887. The molecular formula is C18H22NO5+. The summed E-state index contributed by atoms with van der Waals surface area (Å²) in [6.07, 6.45) is 0.837. The van der Waals surface area contributed by atoms with Crippen LogP contribution < -0.4 is 19.5 Å². The zero-order valence-electron chi connectivity index (χ0n) is 14.0. The van der Waals surface area contributed by atoms with Crippen LogP contribution in [0.25, 0.3) is 0 Å². The summed E-state index contributed by atoms with van der Waals surface area (Å²) in [4.78, 5) is 0. The number of aromatic hydroxyl groups is 2. The van der Waals surface area contributed by atoms with Gasteiger partial charge in [-0.2, -0.15) is 0 Å². The van der Waals surface area contributed by atoms with Gasteiger partial charge in [0.2, 0.25) is 5.75 Å². The second kappa shape index (κ2) is 6.49. The van der Waals surface area contributed by atoms with E-state index in [1.165, 1.54) is 0 Å². The minimum atomic E-state index is -0.110. The highest BCUT2D eigenvalue weighted by atomic mass is 16.5. The maximum atomic E-state index is 9.89. The van der Waals surface area contributed by atoms with Gasteiger partial charge < -0.3 is 29.7 Å². The Morgan fingerprint density at radius 3 is 2.12 bits per heavy atom. The van der Waals surface area contributed by atoms with Gasteiger partial charge >= 0.3 is 0 Å². The molecule has 0 aromatic heterocycles. The fourth-order valence-electron chi connectivity index (χ4n) is 3.27. The molecule has 0 spiro atoms. The van der Waals surface area contributed by atoms with Crippen LogP contribution in [0.3, 0.4) is 0 Å². The van der Waals surface area contributed by atoms with Crippen molar-refractivity contribution in [3.05, 3.63) is 41.0 Å². The van der Waals surface area contributed by atoms with E-state index < -0.39 is 0 Å². The molecule has 2 aromatic rings. The average Bonchev–Trinajstić information content (AvgIpc) is 2.60. The van der Waals surface area contributed by atoms with Crippen molar-refractivity contribution in [2.45, 2.75) is 12.5 Å². The Morgan fingerprint density at radius 1 is 0.917 bits per heavy atom. The minimum absolute atomic E-state index is 0.0195. The zero-order valence-corrected chi connectivity index (χ0v) is 14.0. The molecule has 0 saturated carbocycles. The summed E-state index contributed by atoms with van der Waals surface area (Å²) < 4.78 is 16.2. The SMILES string of the molecule is COc1cc([C@@H]2[NH2+]CCc3cc(O)c(O)cc32)cc(OC)c1OC. The van der Waals surface area contributed by atoms with E-state index >= 15 is 0 Å². The van der Waals surface area contributed by atoms with Gasteiger partial charge in [0.1, 0.15) is 6.04 Å². The molecule has 0 amide bonds. The summed E-state index contributed by atoms with van der Waals surface area (Å²) in [5, 5.41) is 21.8. The number of quaternary nitrogens is 1. The van der Waals surface area contributed by atoms with Crippen molar-refractivity contribution >= 4 is 0 Å². The summed E-state index contributed by atoms with van der Waals surface area (Å²) in [7, 11) is 4.75. The van der Waals surface area contributed by atoms with E-state index in [0.717, 1.165) is 29.7 Å². The number of phenolic OH excluding ortho intramolecular Hbond substituents is 2. The molecule has 0 unspecified atom stereocenters. The number of hydrogen-bond donors (Lipinski definition) is 3. The van der Waals surface area contributed by atoms with E-state index in [0.29, 0.717) is 17.2 Å². The smallest absolute Gasteiger partial charge is 0.203 e. The lowest BCUT2D eigenvalue weighted by Crippen LogP contribution is -2.87. The van der Waals surface area contributed by atoms with E-state index in [1.807, 2.05) is 12.1 Å². The Bertz CT molecular complexity index is 734. The average molecular weight is 332 g/mol. The molecule has 24 heavy (non-hydrogen) atoms.